The zero-order valence-electron chi connectivity index (χ0n) is 16.2. The van der Waals surface area contributed by atoms with Gasteiger partial charge in [0.2, 0.25) is 0 Å². The molecule has 0 saturated carbocycles. The first-order valence-electron chi connectivity index (χ1n) is 9.10. The smallest absolute Gasteiger partial charge is 0.171 e. The Labute approximate surface area is 166 Å². The van der Waals surface area contributed by atoms with Gasteiger partial charge < -0.3 is 15.4 Å². The Balaban J connectivity index is 1.82. The van der Waals surface area contributed by atoms with Crippen LogP contribution in [-0.4, -0.2) is 17.2 Å². The van der Waals surface area contributed by atoms with Crippen LogP contribution in [-0.2, 0) is 0 Å². The minimum absolute atomic E-state index is 0.160. The number of methoxy groups -OCH3 is 1. The number of aryl methyl sites for hydroxylation is 2. The molecular formula is C22H25N3OS. The molecule has 0 saturated heterocycles. The Morgan fingerprint density at radius 1 is 1.19 bits per heavy atom. The average Bonchev–Trinajstić information content (AvgIpc) is 2.67. The van der Waals surface area contributed by atoms with Crippen molar-refractivity contribution in [3.8, 4) is 5.75 Å². The van der Waals surface area contributed by atoms with Crippen LogP contribution < -0.4 is 15.4 Å². The van der Waals surface area contributed by atoms with Crippen molar-refractivity contribution in [3.05, 3.63) is 65.4 Å². The molecule has 1 atom stereocenters. The largest absolute Gasteiger partial charge is 0.494 e. The predicted molar refractivity (Wildman–Crippen MR) is 117 cm³/mol. The Morgan fingerprint density at radius 3 is 2.70 bits per heavy atom. The lowest BCUT2D eigenvalue weighted by atomic mass is 9.98. The molecule has 0 bridgehead atoms. The molecule has 0 fully saturated rings. The second kappa shape index (κ2) is 8.35. The molecule has 2 aromatic carbocycles. The van der Waals surface area contributed by atoms with Crippen molar-refractivity contribution in [2.24, 2.45) is 0 Å². The normalized spacial score (nSPS) is 11.9. The van der Waals surface area contributed by atoms with Crippen molar-refractivity contribution < 1.29 is 4.74 Å². The summed E-state index contributed by atoms with van der Waals surface area (Å²) >= 11 is 5.60. The van der Waals surface area contributed by atoms with Crippen LogP contribution in [0.1, 0.15) is 36.1 Å². The molecule has 0 radical (unpaired) electrons. The zero-order valence-corrected chi connectivity index (χ0v) is 17.0. The Kier molecular flexibility index (Phi) is 5.91. The lowest BCUT2D eigenvalue weighted by molar-refractivity contribution is 0.419. The minimum atomic E-state index is 0.160. The van der Waals surface area contributed by atoms with E-state index in [1.165, 1.54) is 16.7 Å². The number of ether oxygens (including phenoxy) is 1. The maximum Gasteiger partial charge on any atom is 0.171 e. The molecule has 1 aromatic heterocycles. The number of aromatic nitrogens is 1. The molecule has 0 amide bonds. The van der Waals surface area contributed by atoms with Gasteiger partial charge >= 0.3 is 0 Å². The monoisotopic (exact) mass is 379 g/mol. The van der Waals surface area contributed by atoms with Crippen LogP contribution in [0.4, 0.5) is 5.69 Å². The van der Waals surface area contributed by atoms with Gasteiger partial charge in [-0.1, -0.05) is 30.7 Å². The molecule has 2 N–H and O–H groups in total. The highest BCUT2D eigenvalue weighted by molar-refractivity contribution is 7.80. The van der Waals surface area contributed by atoms with Gasteiger partial charge in [-0.3, -0.25) is 4.98 Å². The van der Waals surface area contributed by atoms with Gasteiger partial charge in [0.25, 0.3) is 0 Å². The van der Waals surface area contributed by atoms with Crippen LogP contribution in [0.15, 0.2) is 48.7 Å². The van der Waals surface area contributed by atoms with Crippen molar-refractivity contribution in [3.63, 3.8) is 0 Å². The van der Waals surface area contributed by atoms with E-state index >= 15 is 0 Å². The first-order chi connectivity index (χ1) is 13.0. The maximum absolute atomic E-state index is 5.60. The molecule has 1 unspecified atom stereocenters. The summed E-state index contributed by atoms with van der Waals surface area (Å²) in [4.78, 5) is 4.44. The quantitative estimate of drug-likeness (QED) is 0.589. The highest BCUT2D eigenvalue weighted by atomic mass is 32.1. The van der Waals surface area contributed by atoms with Gasteiger partial charge in [0.05, 0.1) is 13.2 Å². The minimum Gasteiger partial charge on any atom is -0.494 e. The van der Waals surface area contributed by atoms with Crippen LogP contribution in [0.3, 0.4) is 0 Å². The van der Waals surface area contributed by atoms with Crippen LogP contribution >= 0.6 is 12.2 Å². The summed E-state index contributed by atoms with van der Waals surface area (Å²) in [7, 11) is 1.65. The van der Waals surface area contributed by atoms with Crippen molar-refractivity contribution >= 4 is 33.9 Å². The third-order valence-corrected chi connectivity index (χ3v) is 4.93. The van der Waals surface area contributed by atoms with Crippen molar-refractivity contribution in [1.29, 1.82) is 0 Å². The summed E-state index contributed by atoms with van der Waals surface area (Å²) in [5, 5.41) is 8.35. The number of rotatable bonds is 5. The predicted octanol–water partition coefficient (Wildman–Crippen LogP) is 5.30. The molecule has 1 heterocycles. The Morgan fingerprint density at radius 2 is 2.00 bits per heavy atom. The molecule has 140 valence electrons. The van der Waals surface area contributed by atoms with Crippen LogP contribution in [0.2, 0.25) is 0 Å². The highest BCUT2D eigenvalue weighted by Gasteiger charge is 2.14. The molecule has 0 aliphatic rings. The lowest BCUT2D eigenvalue weighted by Gasteiger charge is -2.22. The van der Waals surface area contributed by atoms with E-state index in [4.69, 9.17) is 17.0 Å². The zero-order chi connectivity index (χ0) is 19.4. The second-order valence-corrected chi connectivity index (χ2v) is 7.04. The molecule has 5 heteroatoms. The first-order valence-corrected chi connectivity index (χ1v) is 9.50. The van der Waals surface area contributed by atoms with Gasteiger partial charge in [0.15, 0.2) is 5.11 Å². The summed E-state index contributed by atoms with van der Waals surface area (Å²) in [6.45, 7) is 6.41. The number of anilines is 1. The summed E-state index contributed by atoms with van der Waals surface area (Å²) in [5.41, 5.74) is 5.54. The van der Waals surface area contributed by atoms with Gasteiger partial charge in [-0.25, -0.2) is 0 Å². The fourth-order valence-corrected chi connectivity index (χ4v) is 3.61. The fourth-order valence-electron chi connectivity index (χ4n) is 3.35. The number of pyridine rings is 1. The van der Waals surface area contributed by atoms with Crippen LogP contribution in [0.25, 0.3) is 10.9 Å². The summed E-state index contributed by atoms with van der Waals surface area (Å²) in [6, 6.07) is 14.5. The van der Waals surface area contributed by atoms with E-state index in [1.54, 1.807) is 13.3 Å². The third kappa shape index (κ3) is 4.19. The summed E-state index contributed by atoms with van der Waals surface area (Å²) < 4.78 is 5.41. The molecule has 4 nitrogen and oxygen atoms in total. The number of hydrogen-bond acceptors (Lipinski definition) is 3. The van der Waals surface area contributed by atoms with Crippen molar-refractivity contribution in [2.75, 3.05) is 12.4 Å². The van der Waals surface area contributed by atoms with Gasteiger partial charge in [-0.05, 0) is 67.9 Å². The number of fused-ring (bicyclic) bond motifs is 1. The standard InChI is InChI=1S/C22H25N3OS/c1-5-18(16-9-8-14(2)13-15(16)3)24-22(27)25-19-10-11-20(26-4)21-17(19)7-6-12-23-21/h6-13,18H,5H2,1-4H3,(H2,24,25,27). The number of benzene rings is 2. The van der Waals surface area contributed by atoms with Gasteiger partial charge in [-0.15, -0.1) is 0 Å². The number of nitrogens with one attached hydrogen (secondary N) is 2. The van der Waals surface area contributed by atoms with E-state index in [2.05, 4.69) is 54.6 Å². The molecule has 0 spiro atoms. The number of hydrogen-bond donors (Lipinski definition) is 2. The molecule has 3 aromatic rings. The lowest BCUT2D eigenvalue weighted by Crippen LogP contribution is -2.32. The van der Waals surface area contributed by atoms with Gasteiger partial charge in [-0.2, -0.15) is 0 Å². The first kappa shape index (κ1) is 19.1. The summed E-state index contributed by atoms with van der Waals surface area (Å²) in [6.07, 6.45) is 2.70. The average molecular weight is 380 g/mol. The summed E-state index contributed by atoms with van der Waals surface area (Å²) in [5.74, 6) is 0.747. The van der Waals surface area contributed by atoms with Gasteiger partial charge in [0.1, 0.15) is 11.3 Å². The Bertz CT molecular complexity index is 971. The molecule has 27 heavy (non-hydrogen) atoms. The highest BCUT2D eigenvalue weighted by Crippen LogP contribution is 2.30. The second-order valence-electron chi connectivity index (χ2n) is 6.63. The fraction of sp³-hybridized carbons (Fsp3) is 0.273. The van der Waals surface area contributed by atoms with E-state index in [0.717, 1.165) is 28.8 Å². The number of thiocarbonyl (C=S) groups is 1. The van der Waals surface area contributed by atoms with E-state index in [-0.39, 0.29) is 6.04 Å². The number of nitrogens with zero attached hydrogens (tertiary/aromatic N) is 1. The van der Waals surface area contributed by atoms with Crippen LogP contribution in [0.5, 0.6) is 5.75 Å². The van der Waals surface area contributed by atoms with Crippen molar-refractivity contribution in [2.45, 2.75) is 33.2 Å². The van der Waals surface area contributed by atoms with E-state index in [9.17, 15) is 0 Å². The van der Waals surface area contributed by atoms with E-state index in [0.29, 0.717) is 5.11 Å². The molecule has 0 aliphatic carbocycles. The van der Waals surface area contributed by atoms with Crippen molar-refractivity contribution in [1.82, 2.24) is 10.3 Å². The molecule has 0 aliphatic heterocycles. The van der Waals surface area contributed by atoms with Crippen LogP contribution in [0, 0.1) is 13.8 Å². The SMILES string of the molecule is CCC(NC(=S)Nc1ccc(OC)c2ncccc12)c1ccc(C)cc1C. The van der Waals surface area contributed by atoms with E-state index < -0.39 is 0 Å². The van der Waals surface area contributed by atoms with Gasteiger partial charge in [0, 0.05) is 17.3 Å². The van der Waals surface area contributed by atoms with E-state index in [1.807, 2.05) is 24.3 Å². The molecular weight excluding hydrogens is 354 g/mol. The molecule has 3 rings (SSSR count). The Hall–Kier alpha value is -2.66. The third-order valence-electron chi connectivity index (χ3n) is 4.72. The topological polar surface area (TPSA) is 46.2 Å². The maximum atomic E-state index is 5.60.